The highest BCUT2D eigenvalue weighted by Crippen LogP contribution is 2.16. The molecule has 4 heteroatoms. The minimum atomic E-state index is 0.107. The van der Waals surface area contributed by atoms with Crippen molar-refractivity contribution in [3.05, 3.63) is 28.0 Å². The monoisotopic (exact) mass is 226 g/mol. The van der Waals surface area contributed by atoms with Crippen LogP contribution in [0, 0.1) is 0 Å². The minimum Gasteiger partial charge on any atom is -0.297 e. The van der Waals surface area contributed by atoms with Crippen molar-refractivity contribution in [2.24, 2.45) is 0 Å². The lowest BCUT2D eigenvalue weighted by Crippen LogP contribution is -1.82. The quantitative estimate of drug-likeness (QED) is 0.740. The Morgan fingerprint density at radius 1 is 1.64 bits per heavy atom. The van der Waals surface area contributed by atoms with Crippen LogP contribution < -0.4 is 0 Å². The predicted octanol–water partition coefficient (Wildman–Crippen LogP) is 2.85. The van der Waals surface area contributed by atoms with Crippen LogP contribution in [-0.4, -0.2) is 17.2 Å². The first-order chi connectivity index (χ1) is 6.74. The zero-order valence-corrected chi connectivity index (χ0v) is 9.36. The summed E-state index contributed by atoms with van der Waals surface area (Å²) in [6.07, 6.45) is 4.61. The van der Waals surface area contributed by atoms with Gasteiger partial charge in [-0.1, -0.05) is 23.9 Å². The summed E-state index contributed by atoms with van der Waals surface area (Å²) in [5, 5.41) is 1.98. The third kappa shape index (κ3) is 3.47. The molecule has 0 aromatic carbocycles. The SMILES string of the molecule is CC(=O)SCC=Cc1ccsc1C=O. The van der Waals surface area contributed by atoms with E-state index in [9.17, 15) is 9.59 Å². The molecule has 0 spiro atoms. The average Bonchev–Trinajstić information content (AvgIpc) is 2.59. The van der Waals surface area contributed by atoms with Gasteiger partial charge in [0.1, 0.15) is 0 Å². The van der Waals surface area contributed by atoms with Gasteiger partial charge in [0.15, 0.2) is 11.4 Å². The summed E-state index contributed by atoms with van der Waals surface area (Å²) in [6, 6.07) is 1.89. The zero-order chi connectivity index (χ0) is 10.4. The first kappa shape index (κ1) is 11.2. The molecule has 0 radical (unpaired) electrons. The van der Waals surface area contributed by atoms with Gasteiger partial charge >= 0.3 is 0 Å². The van der Waals surface area contributed by atoms with Gasteiger partial charge in [-0.3, -0.25) is 9.59 Å². The summed E-state index contributed by atoms with van der Waals surface area (Å²) in [4.78, 5) is 21.9. The number of hydrogen-bond donors (Lipinski definition) is 0. The second-order valence-electron chi connectivity index (χ2n) is 2.56. The van der Waals surface area contributed by atoms with Crippen molar-refractivity contribution in [3.8, 4) is 0 Å². The van der Waals surface area contributed by atoms with E-state index in [4.69, 9.17) is 0 Å². The molecule has 0 amide bonds. The van der Waals surface area contributed by atoms with Gasteiger partial charge in [0.05, 0.1) is 4.88 Å². The first-order valence-electron chi connectivity index (χ1n) is 4.06. The maximum Gasteiger partial charge on any atom is 0.186 e. The van der Waals surface area contributed by atoms with Gasteiger partial charge in [0, 0.05) is 12.7 Å². The van der Waals surface area contributed by atoms with Crippen molar-refractivity contribution in [1.82, 2.24) is 0 Å². The van der Waals surface area contributed by atoms with E-state index in [1.165, 1.54) is 23.1 Å². The highest BCUT2D eigenvalue weighted by Gasteiger charge is 1.98. The second kappa shape index (κ2) is 5.78. The van der Waals surface area contributed by atoms with Crippen LogP contribution in [0.15, 0.2) is 17.5 Å². The first-order valence-corrected chi connectivity index (χ1v) is 5.93. The minimum absolute atomic E-state index is 0.107. The maximum absolute atomic E-state index is 10.6. The lowest BCUT2D eigenvalue weighted by atomic mass is 10.2. The van der Waals surface area contributed by atoms with Crippen molar-refractivity contribution in [3.63, 3.8) is 0 Å². The van der Waals surface area contributed by atoms with E-state index >= 15 is 0 Å². The molecular formula is C10H10O2S2. The molecule has 0 saturated carbocycles. The summed E-state index contributed by atoms with van der Waals surface area (Å²) in [6.45, 7) is 1.54. The number of aldehydes is 1. The number of carbonyl (C=O) groups excluding carboxylic acids is 2. The van der Waals surface area contributed by atoms with E-state index in [0.717, 1.165) is 16.7 Å². The van der Waals surface area contributed by atoms with Gasteiger partial charge in [0.2, 0.25) is 0 Å². The number of hydrogen-bond acceptors (Lipinski definition) is 4. The third-order valence-corrected chi connectivity index (χ3v) is 3.14. The Morgan fingerprint density at radius 3 is 3.07 bits per heavy atom. The molecule has 0 N–H and O–H groups in total. The number of thiophene rings is 1. The highest BCUT2D eigenvalue weighted by atomic mass is 32.2. The van der Waals surface area contributed by atoms with Crippen LogP contribution in [0.2, 0.25) is 0 Å². The Bertz CT molecular complexity index is 353. The molecule has 1 aromatic rings. The van der Waals surface area contributed by atoms with Crippen LogP contribution >= 0.6 is 23.1 Å². The van der Waals surface area contributed by atoms with E-state index in [1.54, 1.807) is 6.92 Å². The topological polar surface area (TPSA) is 34.1 Å². The molecule has 74 valence electrons. The summed E-state index contributed by atoms with van der Waals surface area (Å²) in [5.74, 6) is 0.656. The van der Waals surface area contributed by atoms with Crippen LogP contribution in [0.4, 0.5) is 0 Å². The molecule has 0 unspecified atom stereocenters. The third-order valence-electron chi connectivity index (χ3n) is 1.51. The fourth-order valence-electron chi connectivity index (χ4n) is 0.905. The Hall–Kier alpha value is -0.870. The summed E-state index contributed by atoms with van der Waals surface area (Å²) < 4.78 is 0. The van der Waals surface area contributed by atoms with Crippen molar-refractivity contribution in [2.75, 3.05) is 5.75 Å². The van der Waals surface area contributed by atoms with Gasteiger partial charge in [-0.05, 0) is 17.0 Å². The van der Waals surface area contributed by atoms with Crippen LogP contribution in [0.3, 0.4) is 0 Å². The van der Waals surface area contributed by atoms with Crippen molar-refractivity contribution >= 4 is 40.6 Å². The van der Waals surface area contributed by atoms with Crippen LogP contribution in [0.25, 0.3) is 6.08 Å². The highest BCUT2D eigenvalue weighted by molar-refractivity contribution is 8.13. The molecule has 1 rings (SSSR count). The van der Waals surface area contributed by atoms with Crippen LogP contribution in [0.1, 0.15) is 22.2 Å². The molecule has 1 aromatic heterocycles. The van der Waals surface area contributed by atoms with Gasteiger partial charge in [-0.2, -0.15) is 0 Å². The molecule has 0 bridgehead atoms. The molecule has 0 aliphatic heterocycles. The van der Waals surface area contributed by atoms with Crippen molar-refractivity contribution < 1.29 is 9.59 Å². The predicted molar refractivity (Wildman–Crippen MR) is 61.9 cm³/mol. The molecule has 0 atom stereocenters. The molecule has 2 nitrogen and oxygen atoms in total. The maximum atomic E-state index is 10.6. The average molecular weight is 226 g/mol. The lowest BCUT2D eigenvalue weighted by molar-refractivity contribution is -0.109. The standard InChI is InChI=1S/C10H10O2S2/c1-8(12)13-5-2-3-9-4-6-14-10(9)7-11/h2-4,6-7H,5H2,1H3. The normalized spacial score (nSPS) is 10.6. The van der Waals surface area contributed by atoms with E-state index in [1.807, 2.05) is 23.6 Å². The van der Waals surface area contributed by atoms with Gasteiger partial charge in [-0.25, -0.2) is 0 Å². The van der Waals surface area contributed by atoms with E-state index < -0.39 is 0 Å². The molecular weight excluding hydrogens is 216 g/mol. The molecule has 0 aliphatic carbocycles. The molecule has 0 fully saturated rings. The van der Waals surface area contributed by atoms with Crippen LogP contribution in [-0.2, 0) is 4.79 Å². The Kier molecular flexibility index (Phi) is 4.62. The molecule has 14 heavy (non-hydrogen) atoms. The Labute approximate surface area is 91.0 Å². The molecule has 1 heterocycles. The molecule has 0 aliphatic rings. The summed E-state index contributed by atoms with van der Waals surface area (Å²) in [7, 11) is 0. The Morgan fingerprint density at radius 2 is 2.43 bits per heavy atom. The van der Waals surface area contributed by atoms with Gasteiger partial charge < -0.3 is 0 Å². The van der Waals surface area contributed by atoms with E-state index in [0.29, 0.717) is 5.75 Å². The fourth-order valence-corrected chi connectivity index (χ4v) is 2.02. The van der Waals surface area contributed by atoms with E-state index in [2.05, 4.69) is 0 Å². The largest absolute Gasteiger partial charge is 0.297 e. The summed E-state index contributed by atoms with van der Waals surface area (Å²) >= 11 is 2.68. The van der Waals surface area contributed by atoms with Crippen molar-refractivity contribution in [1.29, 1.82) is 0 Å². The number of carbonyl (C=O) groups is 2. The summed E-state index contributed by atoms with van der Waals surface area (Å²) in [5.41, 5.74) is 0.925. The zero-order valence-electron chi connectivity index (χ0n) is 7.73. The van der Waals surface area contributed by atoms with Crippen LogP contribution in [0.5, 0.6) is 0 Å². The second-order valence-corrected chi connectivity index (χ2v) is 4.71. The lowest BCUT2D eigenvalue weighted by Gasteiger charge is -1.89. The fraction of sp³-hybridized carbons (Fsp3) is 0.200. The number of thioether (sulfide) groups is 1. The van der Waals surface area contributed by atoms with E-state index in [-0.39, 0.29) is 5.12 Å². The van der Waals surface area contributed by atoms with Crippen molar-refractivity contribution in [2.45, 2.75) is 6.92 Å². The van der Waals surface area contributed by atoms with Gasteiger partial charge in [-0.15, -0.1) is 11.3 Å². The van der Waals surface area contributed by atoms with Gasteiger partial charge in [0.25, 0.3) is 0 Å². The smallest absolute Gasteiger partial charge is 0.186 e. The Balaban J connectivity index is 2.51. The number of rotatable bonds is 4. The molecule has 0 saturated heterocycles.